The molecule has 0 unspecified atom stereocenters. The van der Waals surface area contributed by atoms with Crippen LogP contribution in [0.4, 0.5) is 11.4 Å². The number of hydrogen-bond acceptors (Lipinski definition) is 4. The molecule has 236 valence electrons. The van der Waals surface area contributed by atoms with Gasteiger partial charge in [-0.3, -0.25) is 0 Å². The lowest BCUT2D eigenvalue weighted by Crippen LogP contribution is -2.36. The molecule has 0 saturated heterocycles. The molecule has 2 fully saturated rings. The predicted molar refractivity (Wildman–Crippen MR) is 188 cm³/mol. The van der Waals surface area contributed by atoms with Crippen molar-refractivity contribution in [2.24, 2.45) is 17.8 Å². The van der Waals surface area contributed by atoms with E-state index in [1.54, 1.807) is 0 Å². The molecule has 0 heterocycles. The summed E-state index contributed by atoms with van der Waals surface area (Å²) in [6, 6.07) is 24.9. The van der Waals surface area contributed by atoms with Crippen LogP contribution in [0.25, 0.3) is 0 Å². The van der Waals surface area contributed by atoms with E-state index < -0.39 is 0 Å². The van der Waals surface area contributed by atoms with Gasteiger partial charge in [-0.1, -0.05) is 56.2 Å². The van der Waals surface area contributed by atoms with Crippen LogP contribution in [0.1, 0.15) is 91.7 Å². The Balaban J connectivity index is 1.37. The Bertz CT molecular complexity index is 1510. The van der Waals surface area contributed by atoms with Crippen molar-refractivity contribution in [3.63, 3.8) is 0 Å². The maximum Gasteiger partial charge on any atom is 0.133 e. The Morgan fingerprint density at radius 2 is 0.956 bits per heavy atom. The van der Waals surface area contributed by atoms with Gasteiger partial charge < -0.3 is 20.9 Å². The van der Waals surface area contributed by atoms with Gasteiger partial charge in [-0.15, -0.1) is 0 Å². The zero-order valence-corrected chi connectivity index (χ0v) is 27.8. The molecule has 0 bridgehead atoms. The molecule has 0 radical (unpaired) electrons. The molecule has 2 aliphatic carbocycles. The van der Waals surface area contributed by atoms with Crippen LogP contribution in [0, 0.1) is 45.4 Å². The van der Waals surface area contributed by atoms with Gasteiger partial charge in [0.05, 0.1) is 0 Å². The average molecular weight is 603 g/mol. The van der Waals surface area contributed by atoms with Crippen molar-refractivity contribution < 1.29 is 9.47 Å². The summed E-state index contributed by atoms with van der Waals surface area (Å²) in [6.45, 7) is 11.1. The van der Waals surface area contributed by atoms with E-state index >= 15 is 0 Å². The van der Waals surface area contributed by atoms with E-state index in [2.05, 4.69) is 58.9 Å². The minimum atomic E-state index is -0.0606. The van der Waals surface area contributed by atoms with Crippen LogP contribution < -0.4 is 20.9 Å². The van der Waals surface area contributed by atoms with Crippen molar-refractivity contribution in [1.29, 1.82) is 0 Å². The number of ether oxygens (including phenoxy) is 2. The first kappa shape index (κ1) is 31.1. The fourth-order valence-corrected chi connectivity index (χ4v) is 8.27. The van der Waals surface area contributed by atoms with Gasteiger partial charge in [-0.2, -0.15) is 0 Å². The molecule has 4 nitrogen and oxygen atoms in total. The normalized spacial score (nSPS) is 20.1. The Labute approximate surface area is 270 Å². The first-order chi connectivity index (χ1) is 21.6. The van der Waals surface area contributed by atoms with Crippen molar-refractivity contribution in [2.75, 3.05) is 11.5 Å². The fraction of sp³-hybridized carbons (Fsp3) is 0.415. The smallest absolute Gasteiger partial charge is 0.133 e. The van der Waals surface area contributed by atoms with Gasteiger partial charge >= 0.3 is 0 Å². The first-order valence-corrected chi connectivity index (χ1v) is 16.9. The summed E-state index contributed by atoms with van der Waals surface area (Å²) >= 11 is 0. The highest BCUT2D eigenvalue weighted by Crippen LogP contribution is 2.52. The molecular formula is C41H50N2O2. The van der Waals surface area contributed by atoms with Gasteiger partial charge in [-0.05, 0) is 142 Å². The van der Waals surface area contributed by atoms with Crippen LogP contribution >= 0.6 is 0 Å². The molecule has 6 rings (SSSR count). The topological polar surface area (TPSA) is 70.5 Å². The molecule has 0 aromatic heterocycles. The first-order valence-electron chi connectivity index (χ1n) is 16.9. The summed E-state index contributed by atoms with van der Waals surface area (Å²) in [4.78, 5) is 0. The van der Waals surface area contributed by atoms with Crippen LogP contribution in [0.15, 0.2) is 72.8 Å². The summed E-state index contributed by atoms with van der Waals surface area (Å²) in [5, 5.41) is 0. The number of aryl methyl sites for hydroxylation is 4. The predicted octanol–water partition coefficient (Wildman–Crippen LogP) is 11.0. The van der Waals surface area contributed by atoms with Crippen LogP contribution in [-0.4, -0.2) is 0 Å². The van der Waals surface area contributed by atoms with E-state index in [1.165, 1.54) is 49.7 Å². The molecule has 0 atom stereocenters. The zero-order chi connectivity index (χ0) is 31.7. The van der Waals surface area contributed by atoms with Crippen molar-refractivity contribution in [3.05, 3.63) is 106 Å². The van der Waals surface area contributed by atoms with Crippen molar-refractivity contribution >= 4 is 11.4 Å². The number of benzene rings is 4. The largest absolute Gasteiger partial charge is 0.457 e. The van der Waals surface area contributed by atoms with Gasteiger partial charge in [0.1, 0.15) is 23.0 Å². The Morgan fingerprint density at radius 3 is 1.36 bits per heavy atom. The van der Waals surface area contributed by atoms with Gasteiger partial charge in [0.2, 0.25) is 0 Å². The van der Waals surface area contributed by atoms with Gasteiger partial charge in [0.15, 0.2) is 0 Å². The molecular weight excluding hydrogens is 552 g/mol. The van der Waals surface area contributed by atoms with E-state index in [1.807, 2.05) is 48.5 Å². The summed E-state index contributed by atoms with van der Waals surface area (Å²) < 4.78 is 12.8. The molecule has 4 aromatic carbocycles. The molecule has 2 aliphatic rings. The van der Waals surface area contributed by atoms with E-state index in [-0.39, 0.29) is 5.41 Å². The van der Waals surface area contributed by atoms with E-state index in [4.69, 9.17) is 20.9 Å². The van der Waals surface area contributed by atoms with Crippen LogP contribution in [0.5, 0.6) is 23.0 Å². The number of anilines is 2. The highest BCUT2D eigenvalue weighted by Gasteiger charge is 2.41. The second kappa shape index (κ2) is 12.8. The third kappa shape index (κ3) is 6.57. The Hall–Kier alpha value is -3.92. The SMILES string of the molecule is Cc1cc(C2(c3cc(C)c(Oc4cccc(N)c4)c(C)c3)CCC(C3CCC(C)CC3)CC2)cc(C)c1Oc1cccc(N)c1. The maximum atomic E-state index is 6.42. The van der Waals surface area contributed by atoms with Crippen LogP contribution in [-0.2, 0) is 5.41 Å². The second-order valence-corrected chi connectivity index (χ2v) is 14.2. The molecule has 0 aliphatic heterocycles. The lowest BCUT2D eigenvalue weighted by Gasteiger charge is -2.45. The van der Waals surface area contributed by atoms with Crippen molar-refractivity contribution in [2.45, 2.75) is 91.4 Å². The third-order valence-electron chi connectivity index (χ3n) is 10.8. The molecule has 0 spiro atoms. The standard InChI is InChI=1S/C41H50N2O2/c1-26-12-14-31(15-13-26)32-16-18-41(19-17-32,33-20-27(2)39(28(3)21-33)44-37-10-6-8-35(42)24-37)34-22-29(4)40(30(5)23-34)45-38-11-7-9-36(43)25-38/h6-11,20-26,31-32H,12-19,42-43H2,1-5H3. The van der Waals surface area contributed by atoms with Gasteiger partial charge in [0, 0.05) is 28.9 Å². The minimum absolute atomic E-state index is 0.0606. The second-order valence-electron chi connectivity index (χ2n) is 14.2. The quantitative estimate of drug-likeness (QED) is 0.206. The lowest BCUT2D eigenvalue weighted by atomic mass is 9.59. The number of rotatable bonds is 7. The Morgan fingerprint density at radius 1 is 0.556 bits per heavy atom. The lowest BCUT2D eigenvalue weighted by molar-refractivity contribution is 0.147. The maximum absolute atomic E-state index is 6.42. The third-order valence-corrected chi connectivity index (χ3v) is 10.8. The molecule has 4 heteroatoms. The fourth-order valence-electron chi connectivity index (χ4n) is 8.27. The molecule has 4 aromatic rings. The number of hydrogen-bond donors (Lipinski definition) is 2. The monoisotopic (exact) mass is 602 g/mol. The van der Waals surface area contributed by atoms with Crippen LogP contribution in [0.3, 0.4) is 0 Å². The van der Waals surface area contributed by atoms with Crippen molar-refractivity contribution in [1.82, 2.24) is 0 Å². The summed E-state index contributed by atoms with van der Waals surface area (Å²) in [6.07, 6.45) is 10.5. The van der Waals surface area contributed by atoms with E-state index in [9.17, 15) is 0 Å². The van der Waals surface area contributed by atoms with Crippen LogP contribution in [0.2, 0.25) is 0 Å². The summed E-state index contributed by atoms with van der Waals surface area (Å²) in [5.41, 5.74) is 20.9. The summed E-state index contributed by atoms with van der Waals surface area (Å²) in [5.74, 6) is 5.98. The van der Waals surface area contributed by atoms with Gasteiger partial charge in [-0.25, -0.2) is 0 Å². The zero-order valence-electron chi connectivity index (χ0n) is 27.8. The molecule has 4 N–H and O–H groups in total. The summed E-state index contributed by atoms with van der Waals surface area (Å²) in [7, 11) is 0. The molecule has 45 heavy (non-hydrogen) atoms. The highest BCUT2D eigenvalue weighted by atomic mass is 16.5. The van der Waals surface area contributed by atoms with E-state index in [0.29, 0.717) is 11.4 Å². The highest BCUT2D eigenvalue weighted by molar-refractivity contribution is 5.55. The molecule has 2 saturated carbocycles. The average Bonchev–Trinajstić information content (AvgIpc) is 3.01. The van der Waals surface area contributed by atoms with Gasteiger partial charge in [0.25, 0.3) is 0 Å². The molecule has 0 amide bonds. The van der Waals surface area contributed by atoms with E-state index in [0.717, 1.165) is 75.8 Å². The number of nitrogens with two attached hydrogens (primary N) is 2. The minimum Gasteiger partial charge on any atom is -0.457 e. The Kier molecular flexibility index (Phi) is 8.86. The number of nitrogen functional groups attached to an aromatic ring is 2. The van der Waals surface area contributed by atoms with Crippen molar-refractivity contribution in [3.8, 4) is 23.0 Å².